The van der Waals surface area contributed by atoms with Crippen molar-refractivity contribution in [1.29, 1.82) is 0 Å². The molecule has 0 spiro atoms. The zero-order chi connectivity index (χ0) is 52.9. The molecule has 0 rings (SSSR count). The lowest BCUT2D eigenvalue weighted by atomic mass is 10.0. The van der Waals surface area contributed by atoms with Crippen LogP contribution in [0.15, 0.2) is 97.2 Å². The monoisotopic (exact) mass is 1010 g/mol. The molecule has 0 aromatic rings. The standard InChI is InChI=1S/C67H114O6/c1-4-7-10-13-16-19-22-25-28-30-31-32-33-34-35-37-39-42-45-48-51-54-57-60-66(69)72-63-64(62-71-65(68)59-56-53-50-47-44-41-38-27-24-21-18-15-12-9-6-3)73-67(70)61-58-55-52-49-46-43-40-36-29-26-23-20-17-14-11-8-5-2/h8,11,17,20,22,25-26,29-31,33-34,40,43,49,52,64H,4-7,9-10,12-16,18-19,21,23-24,27-28,32,35-39,41-42,44-48,50-51,53-63H2,1-3H3/b11-8-,20-17-,25-22-,29-26-,31-30-,34-33-,43-40-,52-49-. The molecule has 0 aromatic carbocycles. The first-order valence-electron chi connectivity index (χ1n) is 30.7. The SMILES string of the molecule is CC/C=C\C/C=C\C/C=C\C/C=C\C/C=C\CCCC(=O)OC(COC(=O)CCCCCCCCCC/C=C\C/C=C\C/C=C\CCCCCCC)COC(=O)CCCCCCCCCCCCCCCCC. The summed E-state index contributed by atoms with van der Waals surface area (Å²) in [5.74, 6) is -0.959. The Labute approximate surface area is 451 Å². The summed E-state index contributed by atoms with van der Waals surface area (Å²) >= 11 is 0. The Bertz CT molecular complexity index is 1440. The lowest BCUT2D eigenvalue weighted by Crippen LogP contribution is -2.30. The van der Waals surface area contributed by atoms with Gasteiger partial charge in [0.15, 0.2) is 6.10 Å². The minimum Gasteiger partial charge on any atom is -0.462 e. The molecule has 6 heteroatoms. The zero-order valence-corrected chi connectivity index (χ0v) is 47.9. The number of allylic oxidation sites excluding steroid dienone is 16. The van der Waals surface area contributed by atoms with E-state index < -0.39 is 6.10 Å². The molecular weight excluding hydrogens is 901 g/mol. The van der Waals surface area contributed by atoms with Crippen molar-refractivity contribution < 1.29 is 28.6 Å². The largest absolute Gasteiger partial charge is 0.462 e. The molecule has 0 radical (unpaired) electrons. The van der Waals surface area contributed by atoms with Gasteiger partial charge in [-0.15, -0.1) is 0 Å². The van der Waals surface area contributed by atoms with Gasteiger partial charge in [-0.3, -0.25) is 14.4 Å². The van der Waals surface area contributed by atoms with Gasteiger partial charge in [-0.2, -0.15) is 0 Å². The Kier molecular flexibility index (Phi) is 57.8. The second-order valence-electron chi connectivity index (χ2n) is 20.2. The number of carbonyl (C=O) groups is 3. The summed E-state index contributed by atoms with van der Waals surface area (Å²) in [6.07, 6.45) is 81.2. The molecule has 0 saturated carbocycles. The zero-order valence-electron chi connectivity index (χ0n) is 47.9. The topological polar surface area (TPSA) is 78.9 Å². The number of rotatable bonds is 55. The molecule has 1 unspecified atom stereocenters. The maximum Gasteiger partial charge on any atom is 0.306 e. The normalized spacial score (nSPS) is 12.8. The summed E-state index contributed by atoms with van der Waals surface area (Å²) in [4.78, 5) is 38.2. The Balaban J connectivity index is 4.43. The third-order valence-corrected chi connectivity index (χ3v) is 13.1. The van der Waals surface area contributed by atoms with Crippen molar-refractivity contribution in [2.75, 3.05) is 13.2 Å². The van der Waals surface area contributed by atoms with E-state index in [1.54, 1.807) is 0 Å². The minimum absolute atomic E-state index is 0.101. The van der Waals surface area contributed by atoms with Crippen LogP contribution in [0.2, 0.25) is 0 Å². The molecule has 0 fully saturated rings. The maximum atomic E-state index is 12.9. The highest BCUT2D eigenvalue weighted by Crippen LogP contribution is 2.16. The summed E-state index contributed by atoms with van der Waals surface area (Å²) in [6.45, 7) is 6.48. The van der Waals surface area contributed by atoms with Gasteiger partial charge in [0, 0.05) is 19.3 Å². The van der Waals surface area contributed by atoms with Gasteiger partial charge in [-0.1, -0.05) is 272 Å². The van der Waals surface area contributed by atoms with Crippen LogP contribution in [0.1, 0.15) is 290 Å². The Morgan fingerprint density at radius 3 is 0.877 bits per heavy atom. The van der Waals surface area contributed by atoms with E-state index in [-0.39, 0.29) is 37.5 Å². The van der Waals surface area contributed by atoms with Crippen molar-refractivity contribution >= 4 is 17.9 Å². The fourth-order valence-electron chi connectivity index (χ4n) is 8.49. The van der Waals surface area contributed by atoms with Crippen LogP contribution in [0.4, 0.5) is 0 Å². The first kappa shape index (κ1) is 69.3. The number of unbranched alkanes of at least 4 members (excludes halogenated alkanes) is 28. The molecule has 0 amide bonds. The number of carbonyl (C=O) groups excluding carboxylic acids is 3. The van der Waals surface area contributed by atoms with E-state index in [9.17, 15) is 14.4 Å². The molecule has 0 aromatic heterocycles. The summed E-state index contributed by atoms with van der Waals surface area (Å²) in [5.41, 5.74) is 0. The van der Waals surface area contributed by atoms with Crippen molar-refractivity contribution in [2.45, 2.75) is 297 Å². The quantitative estimate of drug-likeness (QED) is 0.0261. The summed E-state index contributed by atoms with van der Waals surface area (Å²) in [5, 5.41) is 0. The lowest BCUT2D eigenvalue weighted by molar-refractivity contribution is -0.167. The van der Waals surface area contributed by atoms with Crippen LogP contribution in [-0.2, 0) is 28.6 Å². The molecule has 0 aliphatic heterocycles. The number of hydrogen-bond donors (Lipinski definition) is 0. The fraction of sp³-hybridized carbons (Fsp3) is 0.716. The van der Waals surface area contributed by atoms with Crippen molar-refractivity contribution in [3.63, 3.8) is 0 Å². The van der Waals surface area contributed by atoms with Gasteiger partial charge in [-0.25, -0.2) is 0 Å². The van der Waals surface area contributed by atoms with Gasteiger partial charge in [0.05, 0.1) is 0 Å². The van der Waals surface area contributed by atoms with E-state index in [0.717, 1.165) is 96.3 Å². The smallest absolute Gasteiger partial charge is 0.306 e. The third kappa shape index (κ3) is 59.1. The molecule has 418 valence electrons. The summed E-state index contributed by atoms with van der Waals surface area (Å²) in [6, 6.07) is 0. The van der Waals surface area contributed by atoms with Crippen LogP contribution >= 0.6 is 0 Å². The van der Waals surface area contributed by atoms with Gasteiger partial charge < -0.3 is 14.2 Å². The minimum atomic E-state index is -0.811. The molecule has 0 bridgehead atoms. The molecule has 0 N–H and O–H groups in total. The first-order chi connectivity index (χ1) is 36.0. The highest BCUT2D eigenvalue weighted by Gasteiger charge is 2.19. The van der Waals surface area contributed by atoms with E-state index >= 15 is 0 Å². The Morgan fingerprint density at radius 1 is 0.288 bits per heavy atom. The summed E-state index contributed by atoms with van der Waals surface area (Å²) < 4.78 is 16.9. The third-order valence-electron chi connectivity index (χ3n) is 13.1. The van der Waals surface area contributed by atoms with Gasteiger partial charge in [0.1, 0.15) is 13.2 Å². The molecule has 0 saturated heterocycles. The number of ether oxygens (including phenoxy) is 3. The van der Waals surface area contributed by atoms with Crippen molar-refractivity contribution in [1.82, 2.24) is 0 Å². The maximum absolute atomic E-state index is 12.9. The number of hydrogen-bond acceptors (Lipinski definition) is 6. The van der Waals surface area contributed by atoms with E-state index in [4.69, 9.17) is 14.2 Å². The Hall–Kier alpha value is -3.67. The highest BCUT2D eigenvalue weighted by atomic mass is 16.6. The van der Waals surface area contributed by atoms with E-state index in [1.807, 2.05) is 0 Å². The van der Waals surface area contributed by atoms with Crippen LogP contribution in [0, 0.1) is 0 Å². The molecular formula is C67H114O6. The van der Waals surface area contributed by atoms with Gasteiger partial charge in [0.2, 0.25) is 0 Å². The van der Waals surface area contributed by atoms with Gasteiger partial charge in [0.25, 0.3) is 0 Å². The highest BCUT2D eigenvalue weighted by molar-refractivity contribution is 5.71. The fourth-order valence-corrected chi connectivity index (χ4v) is 8.49. The van der Waals surface area contributed by atoms with E-state index in [1.165, 1.54) is 148 Å². The Morgan fingerprint density at radius 2 is 0.548 bits per heavy atom. The molecule has 0 heterocycles. The molecule has 6 nitrogen and oxygen atoms in total. The lowest BCUT2D eigenvalue weighted by Gasteiger charge is -2.18. The summed E-state index contributed by atoms with van der Waals surface area (Å²) in [7, 11) is 0. The van der Waals surface area contributed by atoms with Crippen molar-refractivity contribution in [3.8, 4) is 0 Å². The van der Waals surface area contributed by atoms with Crippen molar-refractivity contribution in [3.05, 3.63) is 97.2 Å². The average Bonchev–Trinajstić information content (AvgIpc) is 3.39. The van der Waals surface area contributed by atoms with Crippen LogP contribution in [0.25, 0.3) is 0 Å². The molecule has 73 heavy (non-hydrogen) atoms. The molecule has 0 aliphatic carbocycles. The average molecular weight is 1020 g/mol. The predicted octanol–water partition coefficient (Wildman–Crippen LogP) is 20.9. The van der Waals surface area contributed by atoms with Gasteiger partial charge in [-0.05, 0) is 96.3 Å². The number of esters is 3. The second kappa shape index (κ2) is 60.9. The van der Waals surface area contributed by atoms with Crippen LogP contribution < -0.4 is 0 Å². The first-order valence-corrected chi connectivity index (χ1v) is 30.7. The van der Waals surface area contributed by atoms with E-state index in [0.29, 0.717) is 19.3 Å². The van der Waals surface area contributed by atoms with Crippen LogP contribution in [0.5, 0.6) is 0 Å². The van der Waals surface area contributed by atoms with Crippen LogP contribution in [0.3, 0.4) is 0 Å². The van der Waals surface area contributed by atoms with Crippen LogP contribution in [-0.4, -0.2) is 37.2 Å². The molecule has 0 aliphatic rings. The van der Waals surface area contributed by atoms with E-state index in [2.05, 4.69) is 118 Å². The van der Waals surface area contributed by atoms with Gasteiger partial charge >= 0.3 is 17.9 Å². The second-order valence-corrected chi connectivity index (χ2v) is 20.2. The predicted molar refractivity (Wildman–Crippen MR) is 316 cm³/mol. The van der Waals surface area contributed by atoms with Crippen molar-refractivity contribution in [2.24, 2.45) is 0 Å². The molecule has 1 atom stereocenters.